The molecule has 0 saturated carbocycles. The summed E-state index contributed by atoms with van der Waals surface area (Å²) in [4.78, 5) is 16.3. The molecular weight excluding hydrogens is 364 g/mol. The number of carbonyl (C=O) groups excluding carboxylic acids is 1. The van der Waals surface area contributed by atoms with Gasteiger partial charge in [0, 0.05) is 35.6 Å². The normalized spacial score (nSPS) is 11.3. The van der Waals surface area contributed by atoms with Gasteiger partial charge >= 0.3 is 0 Å². The Hall–Kier alpha value is -3.20. The van der Waals surface area contributed by atoms with E-state index in [1.807, 2.05) is 54.6 Å². The molecule has 8 nitrogen and oxygen atoms in total. The Morgan fingerprint density at radius 3 is 2.70 bits per heavy atom. The Balaban J connectivity index is 1.89. The molecule has 0 atom stereocenters. The fraction of sp³-hybridized carbons (Fsp3) is 0.222. The van der Waals surface area contributed by atoms with Crippen LogP contribution in [0.3, 0.4) is 0 Å². The van der Waals surface area contributed by atoms with Crippen molar-refractivity contribution in [2.45, 2.75) is 13.8 Å². The second-order valence-electron chi connectivity index (χ2n) is 6.19. The first-order chi connectivity index (χ1) is 12.9. The highest BCUT2D eigenvalue weighted by Gasteiger charge is 2.20. The van der Waals surface area contributed by atoms with Gasteiger partial charge in [0.2, 0.25) is 5.88 Å². The van der Waals surface area contributed by atoms with Gasteiger partial charge in [0.25, 0.3) is 5.91 Å². The first-order valence-electron chi connectivity index (χ1n) is 8.23. The van der Waals surface area contributed by atoms with Crippen LogP contribution < -0.4 is 10.5 Å². The number of thiazole rings is 1. The van der Waals surface area contributed by atoms with Crippen LogP contribution in [0.5, 0.6) is 5.88 Å². The third kappa shape index (κ3) is 2.67. The van der Waals surface area contributed by atoms with Gasteiger partial charge in [0.05, 0.1) is 24.5 Å². The van der Waals surface area contributed by atoms with Crippen LogP contribution >= 0.6 is 11.3 Å². The minimum atomic E-state index is -0.552. The van der Waals surface area contributed by atoms with E-state index < -0.39 is 5.91 Å². The van der Waals surface area contributed by atoms with Gasteiger partial charge in [-0.1, -0.05) is 0 Å². The molecule has 0 aromatic carbocycles. The fourth-order valence-electron chi connectivity index (χ4n) is 3.19. The molecule has 0 saturated heterocycles. The van der Waals surface area contributed by atoms with Crippen LogP contribution in [0.1, 0.15) is 21.1 Å². The number of nitrogens with zero attached hydrogens (tertiary/aromatic N) is 5. The monoisotopic (exact) mass is 382 g/mol. The number of ether oxygens (including phenoxy) is 1. The van der Waals surface area contributed by atoms with Crippen molar-refractivity contribution in [2.24, 2.45) is 12.8 Å². The lowest BCUT2D eigenvalue weighted by atomic mass is 10.0. The molecule has 4 aromatic heterocycles. The van der Waals surface area contributed by atoms with Crippen molar-refractivity contribution in [3.8, 4) is 27.6 Å². The average molecular weight is 382 g/mol. The number of hydrogen-bond acceptors (Lipinski definition) is 6. The van der Waals surface area contributed by atoms with Gasteiger partial charge in [0.15, 0.2) is 4.88 Å². The zero-order valence-electron chi connectivity index (χ0n) is 15.3. The maximum atomic E-state index is 11.6. The molecule has 4 rings (SSSR count). The molecule has 4 aromatic rings. The number of pyridine rings is 1. The Kier molecular flexibility index (Phi) is 3.96. The number of fused-ring (bicyclic) bond motifs is 1. The first-order valence-corrected chi connectivity index (χ1v) is 9.05. The molecule has 0 aliphatic heterocycles. The van der Waals surface area contributed by atoms with Gasteiger partial charge in [-0.25, -0.2) is 9.50 Å². The molecule has 4 heterocycles. The molecule has 9 heteroatoms. The zero-order chi connectivity index (χ0) is 19.3. The molecule has 27 heavy (non-hydrogen) atoms. The van der Waals surface area contributed by atoms with Crippen LogP contribution in [0.2, 0.25) is 0 Å². The van der Waals surface area contributed by atoms with Crippen molar-refractivity contribution >= 4 is 22.8 Å². The van der Waals surface area contributed by atoms with Crippen molar-refractivity contribution in [1.82, 2.24) is 24.4 Å². The lowest BCUT2D eigenvalue weighted by Gasteiger charge is -2.03. The molecule has 0 aliphatic carbocycles. The predicted octanol–water partition coefficient (Wildman–Crippen LogP) is 2.58. The van der Waals surface area contributed by atoms with E-state index in [0.29, 0.717) is 9.88 Å². The van der Waals surface area contributed by atoms with E-state index in [9.17, 15) is 4.79 Å². The summed E-state index contributed by atoms with van der Waals surface area (Å²) >= 11 is 1.21. The smallest absolute Gasteiger partial charge is 0.264 e. The topological polar surface area (TPSA) is 100 Å². The molecule has 0 bridgehead atoms. The molecule has 0 fully saturated rings. The Morgan fingerprint density at radius 2 is 2.11 bits per heavy atom. The minimum Gasteiger partial charge on any atom is -0.480 e. The van der Waals surface area contributed by atoms with Gasteiger partial charge in [-0.3, -0.25) is 9.48 Å². The predicted molar refractivity (Wildman–Crippen MR) is 103 cm³/mol. The Labute approximate surface area is 159 Å². The second kappa shape index (κ2) is 6.20. The van der Waals surface area contributed by atoms with Crippen LogP contribution in [-0.4, -0.2) is 37.4 Å². The summed E-state index contributed by atoms with van der Waals surface area (Å²) < 4.78 is 8.85. The first kappa shape index (κ1) is 17.2. The maximum Gasteiger partial charge on any atom is 0.264 e. The second-order valence-corrected chi connectivity index (χ2v) is 7.19. The highest BCUT2D eigenvalue weighted by molar-refractivity contribution is 7.17. The quantitative estimate of drug-likeness (QED) is 0.585. The maximum absolute atomic E-state index is 11.6. The third-order valence-electron chi connectivity index (χ3n) is 4.56. The summed E-state index contributed by atoms with van der Waals surface area (Å²) in [6.45, 7) is 4.02. The number of amides is 1. The number of rotatable bonds is 4. The van der Waals surface area contributed by atoms with Gasteiger partial charge in [0.1, 0.15) is 5.01 Å². The van der Waals surface area contributed by atoms with Crippen molar-refractivity contribution in [3.63, 3.8) is 0 Å². The summed E-state index contributed by atoms with van der Waals surface area (Å²) in [5, 5.41) is 9.62. The number of primary amides is 1. The van der Waals surface area contributed by atoms with E-state index in [1.165, 1.54) is 18.4 Å². The average Bonchev–Trinajstić information content (AvgIpc) is 3.31. The van der Waals surface area contributed by atoms with Crippen molar-refractivity contribution in [1.29, 1.82) is 0 Å². The number of nitrogens with two attached hydrogens (primary N) is 1. The van der Waals surface area contributed by atoms with Crippen LogP contribution in [0, 0.1) is 13.8 Å². The lowest BCUT2D eigenvalue weighted by molar-refractivity contribution is 0.100. The summed E-state index contributed by atoms with van der Waals surface area (Å²) in [7, 11) is 3.40. The molecule has 0 unspecified atom stereocenters. The molecule has 0 spiro atoms. The van der Waals surface area contributed by atoms with Gasteiger partial charge in [-0.15, -0.1) is 11.3 Å². The lowest BCUT2D eigenvalue weighted by Crippen LogP contribution is -2.10. The van der Waals surface area contributed by atoms with Crippen LogP contribution in [-0.2, 0) is 7.05 Å². The van der Waals surface area contributed by atoms with Gasteiger partial charge < -0.3 is 10.5 Å². The highest BCUT2D eigenvalue weighted by atomic mass is 32.1. The van der Waals surface area contributed by atoms with Gasteiger partial charge in [-0.2, -0.15) is 10.2 Å². The van der Waals surface area contributed by atoms with E-state index in [1.54, 1.807) is 0 Å². The Bertz CT molecular complexity index is 1190. The fourth-order valence-corrected chi connectivity index (χ4v) is 4.08. The molecule has 0 radical (unpaired) electrons. The summed E-state index contributed by atoms with van der Waals surface area (Å²) in [6, 6.07) is 3.90. The van der Waals surface area contributed by atoms with Crippen LogP contribution in [0.4, 0.5) is 0 Å². The standard InChI is InChI=1S/C18H18N6O2S/c1-9-14(10(2)23(3)22-9)12-8-20-24-6-5-11(7-13(12)24)18-21-17(26-4)15(27-18)16(19)25/h5-8H,1-4H3,(H2,19,25). The number of aromatic nitrogens is 5. The van der Waals surface area contributed by atoms with Crippen molar-refractivity contribution < 1.29 is 9.53 Å². The largest absolute Gasteiger partial charge is 0.480 e. The van der Waals surface area contributed by atoms with Gasteiger partial charge in [-0.05, 0) is 26.0 Å². The number of hydrogen-bond donors (Lipinski definition) is 1. The van der Waals surface area contributed by atoms with E-state index in [-0.39, 0.29) is 5.88 Å². The van der Waals surface area contributed by atoms with E-state index in [0.717, 1.165) is 33.6 Å². The van der Waals surface area contributed by atoms with E-state index in [4.69, 9.17) is 10.5 Å². The van der Waals surface area contributed by atoms with Crippen LogP contribution in [0.15, 0.2) is 24.5 Å². The summed E-state index contributed by atoms with van der Waals surface area (Å²) in [5.41, 5.74) is 11.3. The molecule has 138 valence electrons. The van der Waals surface area contributed by atoms with Crippen molar-refractivity contribution in [2.75, 3.05) is 7.11 Å². The number of methoxy groups -OCH3 is 1. The molecule has 0 aliphatic rings. The summed E-state index contributed by atoms with van der Waals surface area (Å²) in [5.74, 6) is -0.307. The highest BCUT2D eigenvalue weighted by Crippen LogP contribution is 2.35. The van der Waals surface area contributed by atoms with E-state index >= 15 is 0 Å². The molecular formula is C18H18N6O2S. The SMILES string of the molecule is COc1nc(-c2ccn3ncc(-c4c(C)nn(C)c4C)c3c2)sc1C(N)=O. The summed E-state index contributed by atoms with van der Waals surface area (Å²) in [6.07, 6.45) is 3.71. The number of carbonyl (C=O) groups is 1. The van der Waals surface area contributed by atoms with E-state index in [2.05, 4.69) is 15.2 Å². The van der Waals surface area contributed by atoms with Crippen molar-refractivity contribution in [3.05, 3.63) is 40.8 Å². The zero-order valence-corrected chi connectivity index (χ0v) is 16.2. The third-order valence-corrected chi connectivity index (χ3v) is 5.66. The number of aryl methyl sites for hydroxylation is 2. The van der Waals surface area contributed by atoms with Crippen LogP contribution in [0.25, 0.3) is 27.2 Å². The molecule has 2 N–H and O–H groups in total. The molecule has 1 amide bonds. The minimum absolute atomic E-state index is 0.245. The Morgan fingerprint density at radius 1 is 1.33 bits per heavy atom.